The number of rotatable bonds is 5. The van der Waals surface area contributed by atoms with Crippen LogP contribution in [-0.2, 0) is 4.79 Å². The van der Waals surface area contributed by atoms with E-state index in [1.165, 1.54) is 0 Å². The van der Waals surface area contributed by atoms with E-state index in [9.17, 15) is 4.79 Å². The van der Waals surface area contributed by atoms with Crippen LogP contribution in [0.2, 0.25) is 0 Å². The van der Waals surface area contributed by atoms with Crippen LogP contribution in [0.1, 0.15) is 44.3 Å². The molecule has 1 aliphatic carbocycles. The van der Waals surface area contributed by atoms with E-state index in [-0.39, 0.29) is 11.9 Å². The monoisotopic (exact) mass is 338 g/mol. The Morgan fingerprint density at radius 1 is 1.28 bits per heavy atom. The van der Waals surface area contributed by atoms with Crippen molar-refractivity contribution >= 4 is 5.91 Å². The Labute approximate surface area is 148 Å². The van der Waals surface area contributed by atoms with E-state index in [4.69, 9.17) is 0 Å². The number of hydrogen-bond donors (Lipinski definition) is 2. The Morgan fingerprint density at radius 2 is 2.08 bits per heavy atom. The topological polar surface area (TPSA) is 61.0 Å². The molecule has 1 aromatic carbocycles. The molecule has 0 radical (unpaired) electrons. The molecule has 0 bridgehead atoms. The lowest BCUT2D eigenvalue weighted by atomic mass is 9.96. The van der Waals surface area contributed by atoms with Crippen LogP contribution in [-0.4, -0.2) is 45.9 Å². The number of nitrogens with one attached hydrogen (secondary N) is 2. The maximum absolute atomic E-state index is 12.3. The van der Waals surface area contributed by atoms with Gasteiger partial charge in [-0.05, 0) is 44.7 Å². The van der Waals surface area contributed by atoms with Gasteiger partial charge in [0.1, 0.15) is 5.82 Å². The number of imidazole rings is 1. The van der Waals surface area contributed by atoms with Gasteiger partial charge in [-0.15, -0.1) is 0 Å². The second-order valence-corrected chi connectivity index (χ2v) is 7.34. The van der Waals surface area contributed by atoms with E-state index in [2.05, 4.69) is 32.3 Å². The number of aromatic nitrogens is 2. The van der Waals surface area contributed by atoms with E-state index in [0.717, 1.165) is 55.9 Å². The second-order valence-electron chi connectivity index (χ2n) is 7.34. The highest BCUT2D eigenvalue weighted by atomic mass is 16.2. The van der Waals surface area contributed by atoms with Crippen molar-refractivity contribution < 1.29 is 4.79 Å². The molecule has 2 heterocycles. The van der Waals surface area contributed by atoms with Gasteiger partial charge in [0.05, 0.1) is 17.9 Å². The van der Waals surface area contributed by atoms with Crippen LogP contribution in [0.25, 0.3) is 11.3 Å². The molecule has 2 N–H and O–H groups in total. The molecule has 5 heteroatoms. The lowest BCUT2D eigenvalue weighted by Gasteiger charge is -2.35. The van der Waals surface area contributed by atoms with Crippen molar-refractivity contribution in [3.63, 3.8) is 0 Å². The molecular formula is C20H26N4O. The lowest BCUT2D eigenvalue weighted by Crippen LogP contribution is -2.49. The molecular weight excluding hydrogens is 312 g/mol. The summed E-state index contributed by atoms with van der Waals surface area (Å²) >= 11 is 0. The summed E-state index contributed by atoms with van der Waals surface area (Å²) in [5.41, 5.74) is 2.22. The Balaban J connectivity index is 1.42. The highest BCUT2D eigenvalue weighted by Gasteiger charge is 2.32. The van der Waals surface area contributed by atoms with E-state index < -0.39 is 0 Å². The molecule has 1 saturated carbocycles. The third-order valence-electron chi connectivity index (χ3n) is 5.37. The third-order valence-corrected chi connectivity index (χ3v) is 5.37. The number of piperidine rings is 1. The zero-order valence-electron chi connectivity index (χ0n) is 14.7. The molecule has 1 aromatic heterocycles. The number of likely N-dealkylation sites (tertiary alicyclic amines) is 1. The van der Waals surface area contributed by atoms with Crippen LogP contribution in [0.3, 0.4) is 0 Å². The summed E-state index contributed by atoms with van der Waals surface area (Å²) in [6.45, 7) is 3.90. The van der Waals surface area contributed by atoms with Gasteiger partial charge in [-0.2, -0.15) is 0 Å². The number of amides is 1. The molecule has 2 aromatic rings. The van der Waals surface area contributed by atoms with Crippen molar-refractivity contribution in [1.82, 2.24) is 20.2 Å². The molecule has 1 aliphatic heterocycles. The Morgan fingerprint density at radius 3 is 2.84 bits per heavy atom. The standard InChI is InChI=1S/C20H26N4O/c1-14(20(25)22-17-9-10-17)24-11-5-8-16(13-24)19-21-12-18(23-19)15-6-3-2-4-7-15/h2-4,6-7,12,14,16-17H,5,8-11,13H2,1H3,(H,21,23)(H,22,25)/t14-,16-/m1/s1. The molecule has 4 rings (SSSR count). The average molecular weight is 338 g/mol. The number of carbonyl (C=O) groups excluding carboxylic acids is 1. The summed E-state index contributed by atoms with van der Waals surface area (Å²) in [4.78, 5) is 22.8. The van der Waals surface area contributed by atoms with Crippen molar-refractivity contribution in [2.75, 3.05) is 13.1 Å². The maximum Gasteiger partial charge on any atom is 0.237 e. The summed E-state index contributed by atoms with van der Waals surface area (Å²) < 4.78 is 0. The van der Waals surface area contributed by atoms with Gasteiger partial charge in [0.15, 0.2) is 0 Å². The molecule has 0 unspecified atom stereocenters. The lowest BCUT2D eigenvalue weighted by molar-refractivity contribution is -0.126. The van der Waals surface area contributed by atoms with Crippen LogP contribution >= 0.6 is 0 Å². The first-order valence-corrected chi connectivity index (χ1v) is 9.35. The first-order chi connectivity index (χ1) is 12.2. The predicted octanol–water partition coefficient (Wildman–Crippen LogP) is 2.92. The SMILES string of the molecule is C[C@H](C(=O)NC1CC1)N1CCC[C@@H](c2ncc(-c3ccccc3)[nH]2)C1. The molecule has 5 nitrogen and oxygen atoms in total. The van der Waals surface area contributed by atoms with Gasteiger partial charge in [-0.25, -0.2) is 4.98 Å². The molecule has 0 spiro atoms. The molecule has 25 heavy (non-hydrogen) atoms. The number of aromatic amines is 1. The van der Waals surface area contributed by atoms with Crippen LogP contribution in [0.5, 0.6) is 0 Å². The van der Waals surface area contributed by atoms with E-state index in [0.29, 0.717) is 12.0 Å². The summed E-state index contributed by atoms with van der Waals surface area (Å²) in [5, 5.41) is 3.13. The van der Waals surface area contributed by atoms with E-state index in [1.807, 2.05) is 31.3 Å². The van der Waals surface area contributed by atoms with Crippen molar-refractivity contribution in [2.24, 2.45) is 0 Å². The minimum atomic E-state index is -0.0630. The molecule has 1 saturated heterocycles. The van der Waals surface area contributed by atoms with Crippen LogP contribution in [0, 0.1) is 0 Å². The zero-order chi connectivity index (χ0) is 17.2. The minimum Gasteiger partial charge on any atom is -0.352 e. The Bertz CT molecular complexity index is 722. The number of H-pyrrole nitrogens is 1. The van der Waals surface area contributed by atoms with Crippen LogP contribution < -0.4 is 5.32 Å². The van der Waals surface area contributed by atoms with Gasteiger partial charge < -0.3 is 10.3 Å². The highest BCUT2D eigenvalue weighted by Crippen LogP contribution is 2.28. The van der Waals surface area contributed by atoms with E-state index in [1.54, 1.807) is 0 Å². The zero-order valence-corrected chi connectivity index (χ0v) is 14.7. The molecule has 132 valence electrons. The number of carbonyl (C=O) groups is 1. The first kappa shape index (κ1) is 16.3. The largest absolute Gasteiger partial charge is 0.352 e. The molecule has 2 atom stereocenters. The van der Waals surface area contributed by atoms with Gasteiger partial charge >= 0.3 is 0 Å². The number of nitrogens with zero attached hydrogens (tertiary/aromatic N) is 2. The minimum absolute atomic E-state index is 0.0630. The van der Waals surface area contributed by atoms with Crippen molar-refractivity contribution in [3.8, 4) is 11.3 Å². The van der Waals surface area contributed by atoms with Crippen LogP contribution in [0.15, 0.2) is 36.5 Å². The van der Waals surface area contributed by atoms with Gasteiger partial charge in [0, 0.05) is 18.5 Å². The van der Waals surface area contributed by atoms with Crippen molar-refractivity contribution in [2.45, 2.75) is 50.6 Å². The van der Waals surface area contributed by atoms with Gasteiger partial charge in [0.25, 0.3) is 0 Å². The van der Waals surface area contributed by atoms with E-state index >= 15 is 0 Å². The fraction of sp³-hybridized carbons (Fsp3) is 0.500. The molecule has 2 aliphatic rings. The predicted molar refractivity (Wildman–Crippen MR) is 98.2 cm³/mol. The quantitative estimate of drug-likeness (QED) is 0.881. The van der Waals surface area contributed by atoms with Gasteiger partial charge in [-0.1, -0.05) is 30.3 Å². The smallest absolute Gasteiger partial charge is 0.237 e. The number of hydrogen-bond acceptors (Lipinski definition) is 3. The average Bonchev–Trinajstić information content (AvgIpc) is 3.33. The first-order valence-electron chi connectivity index (χ1n) is 9.35. The number of benzene rings is 1. The Kier molecular flexibility index (Phi) is 4.57. The van der Waals surface area contributed by atoms with Crippen molar-refractivity contribution in [1.29, 1.82) is 0 Å². The Hall–Kier alpha value is -2.14. The molecule has 1 amide bonds. The summed E-state index contributed by atoms with van der Waals surface area (Å²) in [5.74, 6) is 1.58. The fourth-order valence-corrected chi connectivity index (χ4v) is 3.61. The molecule has 2 fully saturated rings. The highest BCUT2D eigenvalue weighted by molar-refractivity contribution is 5.81. The normalized spacial score (nSPS) is 22.5. The van der Waals surface area contributed by atoms with Crippen LogP contribution in [0.4, 0.5) is 0 Å². The summed E-state index contributed by atoms with van der Waals surface area (Å²) in [6.07, 6.45) is 6.42. The fourth-order valence-electron chi connectivity index (χ4n) is 3.61. The summed E-state index contributed by atoms with van der Waals surface area (Å²) in [6, 6.07) is 10.6. The second kappa shape index (κ2) is 7.00. The van der Waals surface area contributed by atoms with Gasteiger partial charge in [-0.3, -0.25) is 9.69 Å². The van der Waals surface area contributed by atoms with Crippen molar-refractivity contribution in [3.05, 3.63) is 42.4 Å². The maximum atomic E-state index is 12.3. The van der Waals surface area contributed by atoms with Gasteiger partial charge in [0.2, 0.25) is 5.91 Å². The summed E-state index contributed by atoms with van der Waals surface area (Å²) in [7, 11) is 0. The third kappa shape index (κ3) is 3.76.